The Morgan fingerprint density at radius 1 is 1.17 bits per heavy atom. The van der Waals surface area contributed by atoms with Gasteiger partial charge in [-0.2, -0.15) is 9.30 Å². The van der Waals surface area contributed by atoms with Crippen LogP contribution in [0.2, 0.25) is 5.02 Å². The number of ether oxygens (including phenoxy) is 1. The highest BCUT2D eigenvalue weighted by atomic mass is 35.5. The maximum absolute atomic E-state index is 13.3. The Bertz CT molecular complexity index is 1410. The molecule has 0 aliphatic carbocycles. The minimum absolute atomic E-state index is 0.0251. The van der Waals surface area contributed by atoms with Gasteiger partial charge in [-0.15, -0.1) is 0 Å². The van der Waals surface area contributed by atoms with Crippen LogP contribution >= 0.6 is 22.9 Å². The highest BCUT2D eigenvalue weighted by Crippen LogP contribution is 2.28. The molecule has 1 aromatic heterocycles. The van der Waals surface area contributed by atoms with E-state index in [1.165, 1.54) is 23.5 Å². The molecule has 2 aromatic carbocycles. The van der Waals surface area contributed by atoms with Gasteiger partial charge in [0.15, 0.2) is 4.80 Å². The largest absolute Gasteiger partial charge is 0.380 e. The summed E-state index contributed by atoms with van der Waals surface area (Å²) in [6, 6.07) is 9.91. The van der Waals surface area contributed by atoms with Gasteiger partial charge >= 0.3 is 0 Å². The monoisotopic (exact) mass is 549 g/mol. The van der Waals surface area contributed by atoms with Crippen molar-refractivity contribution in [2.75, 3.05) is 19.8 Å². The number of carbonyl (C=O) groups excluding carboxylic acids is 1. The molecular formula is C26H32ClN3O4S2. The van der Waals surface area contributed by atoms with Gasteiger partial charge in [0.1, 0.15) is 0 Å². The zero-order valence-corrected chi connectivity index (χ0v) is 23.3. The van der Waals surface area contributed by atoms with E-state index in [1.54, 1.807) is 16.4 Å². The van der Waals surface area contributed by atoms with E-state index < -0.39 is 15.9 Å². The first-order chi connectivity index (χ1) is 17.3. The fraction of sp³-hybridized carbons (Fsp3) is 0.462. The van der Waals surface area contributed by atoms with E-state index in [1.807, 2.05) is 37.5 Å². The number of halogens is 1. The Morgan fingerprint density at radius 2 is 1.92 bits per heavy atom. The van der Waals surface area contributed by atoms with Crippen LogP contribution in [-0.2, 0) is 21.3 Å². The van der Waals surface area contributed by atoms with Gasteiger partial charge in [0.25, 0.3) is 5.91 Å². The number of amides is 1. The van der Waals surface area contributed by atoms with Gasteiger partial charge in [-0.3, -0.25) is 4.79 Å². The summed E-state index contributed by atoms with van der Waals surface area (Å²) in [5, 5.41) is 0.652. The molecule has 0 spiro atoms. The van der Waals surface area contributed by atoms with Crippen molar-refractivity contribution >= 4 is 49.1 Å². The van der Waals surface area contributed by atoms with Crippen LogP contribution in [0.15, 0.2) is 46.3 Å². The maximum atomic E-state index is 13.3. The fourth-order valence-electron chi connectivity index (χ4n) is 4.66. The summed E-state index contributed by atoms with van der Waals surface area (Å²) < 4.78 is 36.6. The van der Waals surface area contributed by atoms with E-state index in [4.69, 9.17) is 16.3 Å². The van der Waals surface area contributed by atoms with Gasteiger partial charge in [-0.1, -0.05) is 36.3 Å². The van der Waals surface area contributed by atoms with Crippen LogP contribution in [-0.4, -0.2) is 49.0 Å². The van der Waals surface area contributed by atoms with E-state index in [-0.39, 0.29) is 10.9 Å². The summed E-state index contributed by atoms with van der Waals surface area (Å²) in [6.07, 6.45) is 3.59. The second-order valence-electron chi connectivity index (χ2n) is 8.87. The first-order valence-corrected chi connectivity index (χ1v) is 15.0. The lowest BCUT2D eigenvalue weighted by atomic mass is 10.0. The predicted molar refractivity (Wildman–Crippen MR) is 144 cm³/mol. The van der Waals surface area contributed by atoms with E-state index in [9.17, 15) is 13.2 Å². The smallest absolute Gasteiger partial charge is 0.279 e. The molecule has 4 rings (SSSR count). The zero-order valence-electron chi connectivity index (χ0n) is 20.9. The number of nitrogens with zero attached hydrogens (tertiary/aromatic N) is 3. The van der Waals surface area contributed by atoms with Crippen LogP contribution in [0, 0.1) is 6.92 Å². The van der Waals surface area contributed by atoms with E-state index in [0.29, 0.717) is 41.7 Å². The van der Waals surface area contributed by atoms with Crippen LogP contribution < -0.4 is 4.80 Å². The van der Waals surface area contributed by atoms with Crippen LogP contribution in [0.1, 0.15) is 55.5 Å². The number of fused-ring (bicyclic) bond motifs is 1. The summed E-state index contributed by atoms with van der Waals surface area (Å²) in [5.41, 5.74) is 2.20. The molecule has 0 N–H and O–H groups in total. The third-order valence-electron chi connectivity index (χ3n) is 6.64. The summed E-state index contributed by atoms with van der Waals surface area (Å²) in [5.74, 6) is -0.427. The lowest BCUT2D eigenvalue weighted by Crippen LogP contribution is -2.43. The standard InChI is InChI=1S/C26H32ClN3O4S2/c1-4-20-8-6-7-15-30(20)36(32,33)21-11-9-19(10-12-21)25(31)28-26-29(16-17-34-5-2)24-18(3)22(27)13-14-23(24)35-26/h9-14,20H,4-8,15-17H2,1-3H3. The lowest BCUT2D eigenvalue weighted by Gasteiger charge is -2.34. The normalized spacial score (nSPS) is 17.7. The van der Waals surface area contributed by atoms with Crippen molar-refractivity contribution in [3.8, 4) is 0 Å². The molecule has 10 heteroatoms. The van der Waals surface area contributed by atoms with Crippen molar-refractivity contribution in [3.05, 3.63) is 57.3 Å². The summed E-state index contributed by atoms with van der Waals surface area (Å²) in [6.45, 7) is 8.05. The topological polar surface area (TPSA) is 81.0 Å². The van der Waals surface area contributed by atoms with Crippen molar-refractivity contribution in [2.45, 2.75) is 63.9 Å². The highest BCUT2D eigenvalue weighted by molar-refractivity contribution is 7.89. The molecule has 1 fully saturated rings. The fourth-order valence-corrected chi connectivity index (χ4v) is 7.70. The molecule has 194 valence electrons. The van der Waals surface area contributed by atoms with Crippen molar-refractivity contribution in [2.24, 2.45) is 4.99 Å². The van der Waals surface area contributed by atoms with Crippen LogP contribution in [0.5, 0.6) is 0 Å². The number of sulfonamides is 1. The van der Waals surface area contributed by atoms with Crippen LogP contribution in [0.4, 0.5) is 0 Å². The Kier molecular flexibility index (Phi) is 8.67. The molecule has 1 atom stereocenters. The molecule has 1 aliphatic heterocycles. The minimum atomic E-state index is -3.61. The second kappa shape index (κ2) is 11.6. The molecular weight excluding hydrogens is 518 g/mol. The SMILES string of the molecule is CCOCCn1c(=NC(=O)c2ccc(S(=O)(=O)N3CCCCC3CC)cc2)sc2ccc(Cl)c(C)c21. The molecule has 0 radical (unpaired) electrons. The number of piperidine rings is 1. The number of thiazole rings is 1. The molecule has 0 bridgehead atoms. The molecule has 1 aliphatic rings. The summed E-state index contributed by atoms with van der Waals surface area (Å²) in [7, 11) is -3.61. The second-order valence-corrected chi connectivity index (χ2v) is 12.2. The number of hydrogen-bond acceptors (Lipinski definition) is 5. The first-order valence-electron chi connectivity index (χ1n) is 12.3. The van der Waals surface area contributed by atoms with Crippen molar-refractivity contribution < 1.29 is 17.9 Å². The van der Waals surface area contributed by atoms with E-state index in [0.717, 1.165) is 41.5 Å². The van der Waals surface area contributed by atoms with Crippen molar-refractivity contribution in [1.82, 2.24) is 8.87 Å². The van der Waals surface area contributed by atoms with Crippen molar-refractivity contribution in [1.29, 1.82) is 0 Å². The Balaban J connectivity index is 1.66. The molecule has 36 heavy (non-hydrogen) atoms. The molecule has 0 saturated carbocycles. The number of benzene rings is 2. The Morgan fingerprint density at radius 3 is 2.61 bits per heavy atom. The molecule has 1 saturated heterocycles. The van der Waals surface area contributed by atoms with Gasteiger partial charge in [0, 0.05) is 36.3 Å². The van der Waals surface area contributed by atoms with E-state index in [2.05, 4.69) is 4.99 Å². The quantitative estimate of drug-likeness (QED) is 0.352. The van der Waals surface area contributed by atoms with Gasteiger partial charge in [0.05, 0.1) is 21.7 Å². The van der Waals surface area contributed by atoms with Crippen LogP contribution in [0.25, 0.3) is 10.2 Å². The average Bonchev–Trinajstić information content (AvgIpc) is 3.23. The predicted octanol–water partition coefficient (Wildman–Crippen LogP) is 5.40. The Labute approximate surface area is 221 Å². The van der Waals surface area contributed by atoms with Crippen LogP contribution in [0.3, 0.4) is 0 Å². The van der Waals surface area contributed by atoms with Crippen molar-refractivity contribution in [3.63, 3.8) is 0 Å². The molecule has 1 amide bonds. The lowest BCUT2D eigenvalue weighted by molar-refractivity contribution is 0.0996. The third-order valence-corrected chi connectivity index (χ3v) is 10.1. The molecule has 3 aromatic rings. The van der Waals surface area contributed by atoms with Gasteiger partial charge in [0.2, 0.25) is 10.0 Å². The van der Waals surface area contributed by atoms with Gasteiger partial charge in [-0.25, -0.2) is 8.42 Å². The molecule has 7 nitrogen and oxygen atoms in total. The minimum Gasteiger partial charge on any atom is -0.380 e. The Hall–Kier alpha value is -2.04. The number of hydrogen-bond donors (Lipinski definition) is 0. The average molecular weight is 550 g/mol. The van der Waals surface area contributed by atoms with E-state index >= 15 is 0 Å². The maximum Gasteiger partial charge on any atom is 0.279 e. The number of rotatable bonds is 8. The van der Waals surface area contributed by atoms with Gasteiger partial charge in [-0.05, 0) is 75.1 Å². The number of aromatic nitrogens is 1. The van der Waals surface area contributed by atoms with Gasteiger partial charge < -0.3 is 9.30 Å². The first kappa shape index (κ1) is 27.0. The summed E-state index contributed by atoms with van der Waals surface area (Å²) >= 11 is 7.78. The third kappa shape index (κ3) is 5.45. The number of aryl methyl sites for hydroxylation is 1. The number of carbonyl (C=O) groups is 1. The summed E-state index contributed by atoms with van der Waals surface area (Å²) in [4.78, 5) is 18.3. The molecule has 1 unspecified atom stereocenters. The molecule has 2 heterocycles. The zero-order chi connectivity index (χ0) is 25.9. The highest BCUT2D eigenvalue weighted by Gasteiger charge is 2.32.